The molecule has 0 unspecified atom stereocenters. The van der Waals surface area contributed by atoms with Crippen LogP contribution in [-0.4, -0.2) is 20.0 Å². The Kier molecular flexibility index (Phi) is 3.56. The number of aromatic nitrogens is 3. The van der Waals surface area contributed by atoms with Gasteiger partial charge in [-0.3, -0.25) is 18.7 Å². The molecule has 1 fully saturated rings. The zero-order valence-corrected chi connectivity index (χ0v) is 12.6. The molecule has 2 aromatic rings. The molecule has 0 atom stereocenters. The average Bonchev–Trinajstić information content (AvgIpc) is 3.05. The highest BCUT2D eigenvalue weighted by Gasteiger charge is 2.23. The Morgan fingerprint density at radius 1 is 1.23 bits per heavy atom. The third-order valence-electron chi connectivity index (χ3n) is 4.29. The Hall–Kier alpha value is -2.44. The number of nitrogens with one attached hydrogen (secondary N) is 1. The van der Waals surface area contributed by atoms with Crippen molar-refractivity contribution >= 4 is 22.6 Å². The molecule has 1 amide bonds. The molecule has 0 bridgehead atoms. The molecule has 2 aromatic heterocycles. The number of rotatable bonds is 2. The Morgan fingerprint density at radius 2 is 1.91 bits per heavy atom. The molecule has 0 aromatic carbocycles. The van der Waals surface area contributed by atoms with Gasteiger partial charge in [-0.05, 0) is 18.9 Å². The smallest absolute Gasteiger partial charge is 0.324 e. The molecule has 3 rings (SSSR count). The molecular formula is C15H18N4O3. The van der Waals surface area contributed by atoms with E-state index in [9.17, 15) is 14.4 Å². The Morgan fingerprint density at radius 3 is 2.59 bits per heavy atom. The van der Waals surface area contributed by atoms with E-state index in [0.717, 1.165) is 30.3 Å². The van der Waals surface area contributed by atoms with Crippen LogP contribution in [0.5, 0.6) is 0 Å². The van der Waals surface area contributed by atoms with Crippen LogP contribution in [0, 0.1) is 5.92 Å². The fourth-order valence-electron chi connectivity index (χ4n) is 2.97. The molecule has 0 aliphatic heterocycles. The second-order valence-corrected chi connectivity index (χ2v) is 5.77. The molecule has 0 radical (unpaired) electrons. The third-order valence-corrected chi connectivity index (χ3v) is 4.29. The van der Waals surface area contributed by atoms with Crippen molar-refractivity contribution < 1.29 is 4.79 Å². The fourth-order valence-corrected chi connectivity index (χ4v) is 2.97. The summed E-state index contributed by atoms with van der Waals surface area (Å²) in [5, 5.41) is 3.13. The number of fused-ring (bicyclic) bond motifs is 1. The maximum absolute atomic E-state index is 12.2. The second-order valence-electron chi connectivity index (χ2n) is 5.77. The van der Waals surface area contributed by atoms with Crippen molar-refractivity contribution in [3.63, 3.8) is 0 Å². The summed E-state index contributed by atoms with van der Waals surface area (Å²) in [7, 11) is 2.99. The zero-order valence-electron chi connectivity index (χ0n) is 12.6. The van der Waals surface area contributed by atoms with Crippen molar-refractivity contribution in [3.8, 4) is 0 Å². The number of carbonyl (C=O) groups excluding carboxylic acids is 1. The van der Waals surface area contributed by atoms with E-state index >= 15 is 0 Å². The van der Waals surface area contributed by atoms with Gasteiger partial charge in [0, 0.05) is 20.0 Å². The van der Waals surface area contributed by atoms with Crippen LogP contribution in [0.25, 0.3) is 11.0 Å². The van der Waals surface area contributed by atoms with E-state index in [-0.39, 0.29) is 11.8 Å². The van der Waals surface area contributed by atoms with Crippen LogP contribution in [0.3, 0.4) is 0 Å². The molecule has 1 N–H and O–H groups in total. The minimum Gasteiger partial charge on any atom is -0.324 e. The standard InChI is InChI=1S/C15H18N4O3/c1-18-12-11(14(21)19(2)15(18)22)7-10(8-16-12)17-13(20)9-5-3-4-6-9/h7-9H,3-6H2,1-2H3,(H,17,20). The summed E-state index contributed by atoms with van der Waals surface area (Å²) in [5.74, 6) is 0.0129. The van der Waals surface area contributed by atoms with Crippen molar-refractivity contribution in [1.29, 1.82) is 0 Å². The lowest BCUT2D eigenvalue weighted by Gasteiger charge is -2.11. The fraction of sp³-hybridized carbons (Fsp3) is 0.467. The highest BCUT2D eigenvalue weighted by Crippen LogP contribution is 2.26. The molecule has 2 heterocycles. The summed E-state index contributed by atoms with van der Waals surface area (Å²) in [6.45, 7) is 0. The van der Waals surface area contributed by atoms with Crippen LogP contribution in [0.15, 0.2) is 21.9 Å². The lowest BCUT2D eigenvalue weighted by Crippen LogP contribution is -2.37. The molecule has 116 valence electrons. The number of hydrogen-bond donors (Lipinski definition) is 1. The Bertz CT molecular complexity index is 859. The van der Waals surface area contributed by atoms with Crippen LogP contribution in [0.1, 0.15) is 25.7 Å². The van der Waals surface area contributed by atoms with E-state index < -0.39 is 11.2 Å². The van der Waals surface area contributed by atoms with Crippen molar-refractivity contribution in [2.45, 2.75) is 25.7 Å². The zero-order chi connectivity index (χ0) is 15.9. The van der Waals surface area contributed by atoms with E-state index in [4.69, 9.17) is 0 Å². The SMILES string of the molecule is Cn1c(=O)c2cc(NC(=O)C3CCCC3)cnc2n(C)c1=O. The summed E-state index contributed by atoms with van der Waals surface area (Å²) in [5.41, 5.74) is -0.0394. The molecule has 1 aliphatic rings. The lowest BCUT2D eigenvalue weighted by molar-refractivity contribution is -0.119. The Balaban J connectivity index is 2.01. The minimum atomic E-state index is -0.423. The number of carbonyl (C=O) groups is 1. The quantitative estimate of drug-likeness (QED) is 0.887. The van der Waals surface area contributed by atoms with Gasteiger partial charge in [-0.15, -0.1) is 0 Å². The van der Waals surface area contributed by atoms with Crippen LogP contribution in [0.4, 0.5) is 5.69 Å². The van der Waals surface area contributed by atoms with Crippen molar-refractivity contribution in [2.75, 3.05) is 5.32 Å². The van der Waals surface area contributed by atoms with Gasteiger partial charge in [-0.2, -0.15) is 0 Å². The molecule has 22 heavy (non-hydrogen) atoms. The van der Waals surface area contributed by atoms with Crippen LogP contribution < -0.4 is 16.6 Å². The van der Waals surface area contributed by atoms with Crippen molar-refractivity contribution in [2.24, 2.45) is 20.0 Å². The maximum atomic E-state index is 12.2. The van der Waals surface area contributed by atoms with E-state index in [1.165, 1.54) is 17.8 Å². The maximum Gasteiger partial charge on any atom is 0.332 e. The van der Waals surface area contributed by atoms with E-state index in [1.807, 2.05) is 0 Å². The molecule has 0 spiro atoms. The van der Waals surface area contributed by atoms with E-state index in [1.54, 1.807) is 13.1 Å². The van der Waals surface area contributed by atoms with Gasteiger partial charge in [0.15, 0.2) is 0 Å². The summed E-state index contributed by atoms with van der Waals surface area (Å²) in [6.07, 6.45) is 5.45. The van der Waals surface area contributed by atoms with Crippen LogP contribution >= 0.6 is 0 Å². The topological polar surface area (TPSA) is 86.0 Å². The first kappa shape index (κ1) is 14.5. The largest absolute Gasteiger partial charge is 0.332 e. The van der Waals surface area contributed by atoms with Gasteiger partial charge in [0.05, 0.1) is 17.3 Å². The Labute approximate surface area is 126 Å². The first-order valence-electron chi connectivity index (χ1n) is 7.35. The third kappa shape index (κ3) is 2.32. The molecule has 7 nitrogen and oxygen atoms in total. The van der Waals surface area contributed by atoms with Gasteiger partial charge >= 0.3 is 5.69 Å². The van der Waals surface area contributed by atoms with Gasteiger partial charge in [-0.25, -0.2) is 9.78 Å². The van der Waals surface area contributed by atoms with Gasteiger partial charge in [0.1, 0.15) is 5.65 Å². The number of nitrogens with zero attached hydrogens (tertiary/aromatic N) is 3. The summed E-state index contributed by atoms with van der Waals surface area (Å²) in [6, 6.07) is 1.58. The molecule has 7 heteroatoms. The van der Waals surface area contributed by atoms with Gasteiger partial charge in [0.25, 0.3) is 5.56 Å². The highest BCUT2D eigenvalue weighted by molar-refractivity contribution is 5.94. The minimum absolute atomic E-state index is 0.0275. The number of anilines is 1. The predicted octanol–water partition coefficient (Wildman–Crippen LogP) is 0.761. The van der Waals surface area contributed by atoms with Gasteiger partial charge in [0.2, 0.25) is 5.91 Å². The first-order chi connectivity index (χ1) is 10.5. The van der Waals surface area contributed by atoms with Gasteiger partial charge < -0.3 is 5.32 Å². The molecular weight excluding hydrogens is 284 g/mol. The summed E-state index contributed by atoms with van der Waals surface area (Å²) >= 11 is 0. The van der Waals surface area contributed by atoms with Crippen molar-refractivity contribution in [3.05, 3.63) is 33.1 Å². The number of amides is 1. The molecule has 1 saturated carbocycles. The van der Waals surface area contributed by atoms with Crippen LogP contribution in [0.2, 0.25) is 0 Å². The van der Waals surface area contributed by atoms with E-state index in [0.29, 0.717) is 16.7 Å². The second kappa shape index (κ2) is 5.40. The number of aryl methyl sites for hydroxylation is 1. The summed E-state index contributed by atoms with van der Waals surface area (Å²) < 4.78 is 2.35. The normalized spacial score (nSPS) is 15.4. The van der Waals surface area contributed by atoms with Crippen molar-refractivity contribution in [1.82, 2.24) is 14.1 Å². The lowest BCUT2D eigenvalue weighted by atomic mass is 10.1. The monoisotopic (exact) mass is 302 g/mol. The highest BCUT2D eigenvalue weighted by atomic mass is 16.2. The van der Waals surface area contributed by atoms with E-state index in [2.05, 4.69) is 10.3 Å². The summed E-state index contributed by atoms with van der Waals surface area (Å²) in [4.78, 5) is 40.4. The molecule has 0 saturated heterocycles. The predicted molar refractivity (Wildman–Crippen MR) is 82.8 cm³/mol. The number of pyridine rings is 1. The first-order valence-corrected chi connectivity index (χ1v) is 7.35. The average molecular weight is 302 g/mol. The van der Waals surface area contributed by atoms with Crippen LogP contribution in [-0.2, 0) is 18.9 Å². The van der Waals surface area contributed by atoms with Gasteiger partial charge in [-0.1, -0.05) is 12.8 Å². The molecule has 1 aliphatic carbocycles. The number of hydrogen-bond acceptors (Lipinski definition) is 4.